The topological polar surface area (TPSA) is 26.3 Å². The van der Waals surface area contributed by atoms with Crippen LogP contribution in [0.25, 0.3) is 0 Å². The maximum absolute atomic E-state index is 10.0. The van der Waals surface area contributed by atoms with Crippen LogP contribution in [0.3, 0.4) is 0 Å². The third-order valence-corrected chi connectivity index (χ3v) is 1.89. The monoisotopic (exact) mass is 244 g/mol. The van der Waals surface area contributed by atoms with Crippen LogP contribution in [0.2, 0.25) is 0 Å². The molecule has 0 amide bonds. The van der Waals surface area contributed by atoms with Crippen molar-refractivity contribution in [1.82, 2.24) is 0 Å². The first-order chi connectivity index (χ1) is 3.13. The Balaban J connectivity index is 3.13. The summed E-state index contributed by atoms with van der Waals surface area (Å²) in [6.45, 7) is 1.38. The van der Waals surface area contributed by atoms with Gasteiger partial charge in [0.15, 0.2) is 0 Å². The molecule has 0 aromatic heterocycles. The van der Waals surface area contributed by atoms with Crippen LogP contribution in [-0.4, -0.2) is 16.8 Å². The maximum atomic E-state index is 10.0. The summed E-state index contributed by atoms with van der Waals surface area (Å²) in [5.41, 5.74) is 0. The minimum Gasteiger partial charge on any atom is -0.601 e. The second-order valence-corrected chi connectivity index (χ2v) is 10.3. The molecule has 0 radical (unpaired) electrons. The molecule has 0 heterocycles. The lowest BCUT2D eigenvalue weighted by atomic mass is 10.9. The molecule has 0 saturated carbocycles. The number of carbonyl (C=O) groups excluding carboxylic acids is 1. The van der Waals surface area contributed by atoms with Crippen molar-refractivity contribution in [2.24, 2.45) is 0 Å². The lowest BCUT2D eigenvalue weighted by Gasteiger charge is -1.94. The average molecular weight is 246 g/mol. The van der Waals surface area contributed by atoms with E-state index in [0.29, 0.717) is 0 Å². The van der Waals surface area contributed by atoms with E-state index in [9.17, 15) is 4.79 Å². The number of carbonyl (C=O) groups is 1. The number of hydrogen-bond donors (Lipinski definition) is 0. The highest BCUT2D eigenvalue weighted by atomic mass is 79.9. The standard InChI is InChI=1S/C2H4O2.Al.2BrH/c1-2(3)4;;;/h1H3,(H,3,4);;2*1H/q;+3;;/p-3. The van der Waals surface area contributed by atoms with Crippen LogP contribution in [0.15, 0.2) is 0 Å². The van der Waals surface area contributed by atoms with E-state index in [1.807, 2.05) is 0 Å². The van der Waals surface area contributed by atoms with Crippen molar-refractivity contribution in [1.29, 1.82) is 0 Å². The van der Waals surface area contributed by atoms with Gasteiger partial charge in [-0.2, -0.15) is 0 Å². The molecule has 0 fully saturated rings. The van der Waals surface area contributed by atoms with Crippen LogP contribution in [0.1, 0.15) is 6.92 Å². The molecule has 7 heavy (non-hydrogen) atoms. The van der Waals surface area contributed by atoms with Crippen molar-refractivity contribution in [3.8, 4) is 0 Å². The zero-order chi connectivity index (χ0) is 5.86. The second-order valence-electron chi connectivity index (χ2n) is 0.870. The molecule has 0 bridgehead atoms. The fourth-order valence-corrected chi connectivity index (χ4v) is 1.96. The molecule has 2 nitrogen and oxygen atoms in total. The molecule has 0 aromatic rings. The summed E-state index contributed by atoms with van der Waals surface area (Å²) in [4.78, 5) is 10.0. The summed E-state index contributed by atoms with van der Waals surface area (Å²) in [6, 6.07) is 0. The highest BCUT2D eigenvalue weighted by molar-refractivity contribution is 9.48. The van der Waals surface area contributed by atoms with Crippen LogP contribution < -0.4 is 0 Å². The van der Waals surface area contributed by atoms with Gasteiger partial charge in [0.05, 0.1) is 0 Å². The van der Waals surface area contributed by atoms with Gasteiger partial charge in [0.25, 0.3) is 5.97 Å². The molecular weight excluding hydrogens is 243 g/mol. The zero-order valence-electron chi connectivity index (χ0n) is 3.65. The molecule has 0 N–H and O–H groups in total. The minimum absolute atomic E-state index is 0.245. The van der Waals surface area contributed by atoms with Gasteiger partial charge in [0.1, 0.15) is 0 Å². The third-order valence-electron chi connectivity index (χ3n) is 0.255. The van der Waals surface area contributed by atoms with Gasteiger partial charge in [-0.05, 0) is 0 Å². The van der Waals surface area contributed by atoms with Gasteiger partial charge in [-0.1, -0.05) is 0 Å². The number of hydrogen-bond acceptors (Lipinski definition) is 2. The van der Waals surface area contributed by atoms with Crippen molar-refractivity contribution in [3.05, 3.63) is 0 Å². The fourth-order valence-electron chi connectivity index (χ4n) is 0.125. The minimum atomic E-state index is -1.45. The predicted molar refractivity (Wildman–Crippen MR) is 35.4 cm³/mol. The van der Waals surface area contributed by atoms with Gasteiger partial charge >= 0.3 is 10.8 Å². The molecule has 5 heteroatoms. The van der Waals surface area contributed by atoms with Crippen LogP contribution in [0.4, 0.5) is 0 Å². The Bertz CT molecular complexity index is 74.1. The van der Waals surface area contributed by atoms with Crippen molar-refractivity contribution in [2.45, 2.75) is 6.92 Å². The van der Waals surface area contributed by atoms with E-state index < -0.39 is 10.8 Å². The Hall–Kier alpha value is 0.962. The first kappa shape index (κ1) is 7.96. The normalized spacial score (nSPS) is 7.86. The third kappa shape index (κ3) is 6.96. The van der Waals surface area contributed by atoms with Gasteiger partial charge in [0, 0.05) is 6.92 Å². The van der Waals surface area contributed by atoms with Gasteiger partial charge in [-0.3, -0.25) is 4.79 Å². The fraction of sp³-hybridized carbons (Fsp3) is 0.500. The van der Waals surface area contributed by atoms with Crippen molar-refractivity contribution in [3.63, 3.8) is 0 Å². The van der Waals surface area contributed by atoms with Crippen LogP contribution >= 0.6 is 28.1 Å². The van der Waals surface area contributed by atoms with Crippen LogP contribution in [0, 0.1) is 0 Å². The van der Waals surface area contributed by atoms with Crippen LogP contribution in [-0.2, 0) is 8.58 Å². The highest BCUT2D eigenvalue weighted by Gasteiger charge is 2.14. The summed E-state index contributed by atoms with van der Waals surface area (Å²) < 4.78 is 4.58. The van der Waals surface area contributed by atoms with E-state index >= 15 is 0 Å². The van der Waals surface area contributed by atoms with Gasteiger partial charge in [-0.25, -0.2) is 0 Å². The molecule has 0 unspecified atom stereocenters. The van der Waals surface area contributed by atoms with E-state index in [0.717, 1.165) is 0 Å². The van der Waals surface area contributed by atoms with E-state index in [2.05, 4.69) is 31.9 Å². The largest absolute Gasteiger partial charge is 0.742 e. The van der Waals surface area contributed by atoms with E-state index in [4.69, 9.17) is 0 Å². The molecule has 0 atom stereocenters. The molecule has 0 rings (SSSR count). The Kier molecular flexibility index (Phi) is 4.44. The molecule has 40 valence electrons. The molecule has 0 aliphatic carbocycles. The van der Waals surface area contributed by atoms with E-state index in [-0.39, 0.29) is 5.97 Å². The summed E-state index contributed by atoms with van der Waals surface area (Å²) >= 11 is 6.17. The Labute approximate surface area is 60.2 Å². The number of halogens is 2. The van der Waals surface area contributed by atoms with E-state index in [1.165, 1.54) is 6.92 Å². The lowest BCUT2D eigenvalue weighted by molar-refractivity contribution is -0.131. The molecule has 0 saturated heterocycles. The Morgan fingerprint density at radius 1 is 1.71 bits per heavy atom. The molecule has 0 aromatic carbocycles. The number of rotatable bonds is 1. The quantitative estimate of drug-likeness (QED) is 0.652. The van der Waals surface area contributed by atoms with E-state index in [1.54, 1.807) is 0 Å². The molecular formula is C2H3AlBr2O2. The van der Waals surface area contributed by atoms with Gasteiger partial charge in [0.2, 0.25) is 0 Å². The molecule has 0 spiro atoms. The van der Waals surface area contributed by atoms with Crippen molar-refractivity contribution in [2.75, 3.05) is 0 Å². The first-order valence-corrected chi connectivity index (χ1v) is 8.42. The summed E-state index contributed by atoms with van der Waals surface area (Å²) in [7, 11) is -1.45. The highest BCUT2D eigenvalue weighted by Crippen LogP contribution is 2.02. The SMILES string of the molecule is CC(=O)[O][Al]([Br])[Br]. The van der Waals surface area contributed by atoms with Crippen LogP contribution in [0.5, 0.6) is 0 Å². The summed E-state index contributed by atoms with van der Waals surface area (Å²) in [6.07, 6.45) is 0. The second kappa shape index (κ2) is 3.90. The first-order valence-electron chi connectivity index (χ1n) is 1.58. The van der Waals surface area contributed by atoms with Gasteiger partial charge in [-0.15, -0.1) is 28.1 Å². The predicted octanol–water partition coefficient (Wildman–Crippen LogP) is 1.32. The van der Waals surface area contributed by atoms with Crippen molar-refractivity contribution >= 4 is 44.9 Å². The van der Waals surface area contributed by atoms with Crippen molar-refractivity contribution < 1.29 is 8.58 Å². The Morgan fingerprint density at radius 3 is 2.14 bits per heavy atom. The molecule has 0 aliphatic heterocycles. The maximum Gasteiger partial charge on any atom is 0.742 e. The van der Waals surface area contributed by atoms with Gasteiger partial charge < -0.3 is 3.79 Å². The smallest absolute Gasteiger partial charge is 0.601 e. The summed E-state index contributed by atoms with van der Waals surface area (Å²) in [5.74, 6) is -0.245. The molecule has 0 aliphatic rings. The average Bonchev–Trinajstić information content (AvgIpc) is 1.27. The Morgan fingerprint density at radius 2 is 2.14 bits per heavy atom. The zero-order valence-corrected chi connectivity index (χ0v) is 7.98. The summed E-state index contributed by atoms with van der Waals surface area (Å²) in [5, 5.41) is 0. The lowest BCUT2D eigenvalue weighted by Crippen LogP contribution is -2.05.